The number of hydrogen-bond donors (Lipinski definition) is 1. The lowest BCUT2D eigenvalue weighted by Gasteiger charge is -2.17. The Kier molecular flexibility index (Phi) is 3.68. The normalized spacial score (nSPS) is 10.8. The van der Waals surface area contributed by atoms with Crippen molar-refractivity contribution in [3.8, 4) is 0 Å². The van der Waals surface area contributed by atoms with Crippen LogP contribution in [-0.4, -0.2) is 40.6 Å². The number of fused-ring (bicyclic) bond motifs is 1. The molecule has 0 aliphatic carbocycles. The van der Waals surface area contributed by atoms with Crippen molar-refractivity contribution < 1.29 is 9.90 Å². The molecule has 0 amide bonds. The summed E-state index contributed by atoms with van der Waals surface area (Å²) in [5, 5.41) is 11.8. The number of rotatable bonds is 4. The van der Waals surface area contributed by atoms with Crippen molar-refractivity contribution in [2.45, 2.75) is 5.16 Å². The molecule has 0 saturated heterocycles. The lowest BCUT2D eigenvalue weighted by molar-refractivity contribution is -0.133. The Bertz CT molecular complexity index is 597. The number of aliphatic carboxylic acids is 1. The minimum absolute atomic E-state index is 0.0229. The largest absolute Gasteiger partial charge is 0.481 e. The van der Waals surface area contributed by atoms with Crippen LogP contribution in [0.2, 0.25) is 5.02 Å². The molecule has 5 nitrogen and oxygen atoms in total. The van der Waals surface area contributed by atoms with Crippen LogP contribution in [0.15, 0.2) is 23.4 Å². The van der Waals surface area contributed by atoms with Crippen LogP contribution in [0.1, 0.15) is 0 Å². The molecule has 0 aliphatic rings. The summed E-state index contributed by atoms with van der Waals surface area (Å²) in [5.74, 6) is -0.888. The van der Waals surface area contributed by atoms with Gasteiger partial charge in [0.2, 0.25) is 0 Å². The third kappa shape index (κ3) is 2.54. The predicted octanol–water partition coefficient (Wildman–Crippen LogP) is 2.06. The highest BCUT2D eigenvalue weighted by atomic mass is 35.5. The summed E-state index contributed by atoms with van der Waals surface area (Å²) >= 11 is 7.15. The molecule has 1 N–H and O–H groups in total. The van der Waals surface area contributed by atoms with E-state index in [1.807, 2.05) is 35.9 Å². The van der Waals surface area contributed by atoms with Crippen LogP contribution in [0.5, 0.6) is 0 Å². The van der Waals surface area contributed by atoms with Crippen molar-refractivity contribution >= 4 is 40.4 Å². The maximum absolute atomic E-state index is 10.6. The summed E-state index contributed by atoms with van der Waals surface area (Å²) in [6.45, 7) is 0. The van der Waals surface area contributed by atoms with Crippen LogP contribution >= 0.6 is 23.4 Å². The van der Waals surface area contributed by atoms with Crippen molar-refractivity contribution in [1.82, 2.24) is 9.66 Å². The lowest BCUT2D eigenvalue weighted by Crippen LogP contribution is -2.25. The fraction of sp³-hybridized carbons (Fsp3) is 0.273. The Hall–Kier alpha value is -1.40. The Morgan fingerprint density at radius 1 is 1.56 bits per heavy atom. The van der Waals surface area contributed by atoms with Gasteiger partial charge >= 0.3 is 5.97 Å². The molecule has 0 radical (unpaired) electrons. The fourth-order valence-electron chi connectivity index (χ4n) is 1.62. The number of benzene rings is 1. The molecule has 18 heavy (non-hydrogen) atoms. The molecule has 0 spiro atoms. The minimum atomic E-state index is -0.865. The monoisotopic (exact) mass is 285 g/mol. The number of halogens is 1. The summed E-state index contributed by atoms with van der Waals surface area (Å²) in [5.41, 5.74) is 1.65. The number of carboxylic acid groups (broad SMARTS) is 1. The Balaban J connectivity index is 2.51. The van der Waals surface area contributed by atoms with Crippen LogP contribution in [0.25, 0.3) is 11.0 Å². The van der Waals surface area contributed by atoms with E-state index in [0.717, 1.165) is 11.0 Å². The van der Waals surface area contributed by atoms with Gasteiger partial charge in [-0.25, -0.2) is 9.66 Å². The van der Waals surface area contributed by atoms with Gasteiger partial charge in [-0.1, -0.05) is 23.4 Å². The smallest absolute Gasteiger partial charge is 0.313 e. The average Bonchev–Trinajstić information content (AvgIpc) is 2.63. The Morgan fingerprint density at radius 3 is 2.89 bits per heavy atom. The SMILES string of the molecule is CN(C)n1c(SCC(=O)O)nc2ccc(Cl)cc21. The van der Waals surface area contributed by atoms with E-state index < -0.39 is 5.97 Å². The Labute approximate surface area is 113 Å². The van der Waals surface area contributed by atoms with Crippen molar-refractivity contribution in [2.24, 2.45) is 0 Å². The zero-order chi connectivity index (χ0) is 13.3. The van der Waals surface area contributed by atoms with Gasteiger partial charge in [0.05, 0.1) is 16.8 Å². The fourth-order valence-corrected chi connectivity index (χ4v) is 2.59. The standard InChI is InChI=1S/C11H12ClN3O2S/c1-14(2)15-9-5-7(12)3-4-8(9)13-11(15)18-6-10(16)17/h3-5H,6H2,1-2H3,(H,16,17). The van der Waals surface area contributed by atoms with Gasteiger partial charge < -0.3 is 10.1 Å². The molecule has 0 bridgehead atoms. The van der Waals surface area contributed by atoms with E-state index in [9.17, 15) is 4.79 Å². The molecule has 0 atom stereocenters. The third-order valence-corrected chi connectivity index (χ3v) is 3.44. The van der Waals surface area contributed by atoms with Gasteiger partial charge in [0, 0.05) is 19.1 Å². The van der Waals surface area contributed by atoms with E-state index in [0.29, 0.717) is 10.2 Å². The van der Waals surface area contributed by atoms with Crippen molar-refractivity contribution in [3.63, 3.8) is 0 Å². The summed E-state index contributed by atoms with van der Waals surface area (Å²) < 4.78 is 1.84. The molecule has 1 heterocycles. The summed E-state index contributed by atoms with van der Waals surface area (Å²) in [4.78, 5) is 15.0. The molecular formula is C11H12ClN3O2S. The molecule has 96 valence electrons. The first-order chi connectivity index (χ1) is 8.49. The predicted molar refractivity (Wildman–Crippen MR) is 73.2 cm³/mol. The van der Waals surface area contributed by atoms with Crippen LogP contribution in [0, 0.1) is 0 Å². The number of aromatic nitrogens is 2. The highest BCUT2D eigenvalue weighted by Gasteiger charge is 2.14. The second kappa shape index (κ2) is 5.07. The van der Waals surface area contributed by atoms with Gasteiger partial charge in [0.25, 0.3) is 0 Å². The quantitative estimate of drug-likeness (QED) is 0.872. The number of imidazole rings is 1. The number of carbonyl (C=O) groups is 1. The first kappa shape index (κ1) is 13.0. The molecule has 0 aliphatic heterocycles. The average molecular weight is 286 g/mol. The number of carboxylic acids is 1. The van der Waals surface area contributed by atoms with Gasteiger partial charge in [-0.3, -0.25) is 4.79 Å². The molecule has 2 aromatic rings. The molecule has 0 unspecified atom stereocenters. The van der Waals surface area contributed by atoms with Crippen LogP contribution in [-0.2, 0) is 4.79 Å². The van der Waals surface area contributed by atoms with Gasteiger partial charge in [-0.2, -0.15) is 0 Å². The molecule has 1 aromatic heterocycles. The zero-order valence-electron chi connectivity index (χ0n) is 9.92. The van der Waals surface area contributed by atoms with E-state index in [1.165, 1.54) is 11.8 Å². The molecule has 7 heteroatoms. The summed E-state index contributed by atoms with van der Waals surface area (Å²) in [6, 6.07) is 5.40. The lowest BCUT2D eigenvalue weighted by atomic mass is 10.3. The molecule has 0 fully saturated rings. The first-order valence-corrected chi connectivity index (χ1v) is 6.55. The zero-order valence-corrected chi connectivity index (χ0v) is 11.5. The summed E-state index contributed by atoms with van der Waals surface area (Å²) in [6.07, 6.45) is 0. The molecule has 1 aromatic carbocycles. The molecular weight excluding hydrogens is 274 g/mol. The van der Waals surface area contributed by atoms with E-state index in [2.05, 4.69) is 4.98 Å². The second-order valence-corrected chi connectivity index (χ2v) is 5.25. The number of nitrogens with zero attached hydrogens (tertiary/aromatic N) is 3. The second-order valence-electron chi connectivity index (χ2n) is 3.87. The third-order valence-electron chi connectivity index (χ3n) is 2.29. The highest BCUT2D eigenvalue weighted by molar-refractivity contribution is 7.99. The van der Waals surface area contributed by atoms with Gasteiger partial charge in [0.1, 0.15) is 0 Å². The highest BCUT2D eigenvalue weighted by Crippen LogP contribution is 2.25. The maximum Gasteiger partial charge on any atom is 0.313 e. The first-order valence-electron chi connectivity index (χ1n) is 5.19. The van der Waals surface area contributed by atoms with E-state index >= 15 is 0 Å². The maximum atomic E-state index is 10.6. The number of hydrogen-bond acceptors (Lipinski definition) is 4. The van der Waals surface area contributed by atoms with Crippen molar-refractivity contribution in [3.05, 3.63) is 23.2 Å². The number of thioether (sulfide) groups is 1. The molecule has 2 rings (SSSR count). The van der Waals surface area contributed by atoms with Crippen molar-refractivity contribution in [1.29, 1.82) is 0 Å². The van der Waals surface area contributed by atoms with E-state index in [1.54, 1.807) is 6.07 Å². The van der Waals surface area contributed by atoms with Gasteiger partial charge in [-0.05, 0) is 18.2 Å². The topological polar surface area (TPSA) is 58.4 Å². The molecule has 0 saturated carbocycles. The van der Waals surface area contributed by atoms with Gasteiger partial charge in [-0.15, -0.1) is 0 Å². The van der Waals surface area contributed by atoms with Crippen LogP contribution in [0.4, 0.5) is 0 Å². The Morgan fingerprint density at radius 2 is 2.28 bits per heavy atom. The van der Waals surface area contributed by atoms with Crippen molar-refractivity contribution in [2.75, 3.05) is 24.9 Å². The summed E-state index contributed by atoms with van der Waals surface area (Å²) in [7, 11) is 3.74. The van der Waals surface area contributed by atoms with E-state index in [4.69, 9.17) is 16.7 Å². The van der Waals surface area contributed by atoms with Gasteiger partial charge in [0.15, 0.2) is 5.16 Å². The van der Waals surface area contributed by atoms with Crippen LogP contribution < -0.4 is 5.01 Å². The van der Waals surface area contributed by atoms with Crippen LogP contribution in [0.3, 0.4) is 0 Å². The van der Waals surface area contributed by atoms with E-state index in [-0.39, 0.29) is 5.75 Å². The minimum Gasteiger partial charge on any atom is -0.481 e.